The van der Waals surface area contributed by atoms with Crippen molar-refractivity contribution in [2.45, 2.75) is 13.2 Å². The molecule has 14 heavy (non-hydrogen) atoms. The molecule has 7 heteroatoms. The fraction of sp³-hybridized carbons (Fsp3) is 0.286. The molecule has 0 amide bonds. The Morgan fingerprint density at radius 3 is 3.14 bits per heavy atom. The van der Waals surface area contributed by atoms with E-state index in [-0.39, 0.29) is 6.61 Å². The molecule has 2 rings (SSSR count). The summed E-state index contributed by atoms with van der Waals surface area (Å²) < 4.78 is 7.02. The first kappa shape index (κ1) is 9.10. The highest BCUT2D eigenvalue weighted by Crippen LogP contribution is 2.04. The number of nitrogens with zero attached hydrogens (tertiary/aromatic N) is 3. The van der Waals surface area contributed by atoms with Gasteiger partial charge in [0.2, 0.25) is 0 Å². The largest absolute Gasteiger partial charge is 0.388 e. The van der Waals surface area contributed by atoms with E-state index >= 15 is 0 Å². The topological polar surface area (TPSA) is 79.9 Å². The molecule has 0 spiro atoms. The Labute approximate surface area is 84.2 Å². The normalized spacial score (nSPS) is 10.6. The molecule has 0 atom stereocenters. The summed E-state index contributed by atoms with van der Waals surface area (Å²) in [7, 11) is 0. The fourth-order valence-corrected chi connectivity index (χ4v) is 1.33. The van der Waals surface area contributed by atoms with Crippen LogP contribution in [0.1, 0.15) is 11.6 Å². The summed E-state index contributed by atoms with van der Waals surface area (Å²) in [4.78, 5) is 0. The molecule has 0 saturated carbocycles. The van der Waals surface area contributed by atoms with Gasteiger partial charge in [-0.2, -0.15) is 5.10 Å². The Hall–Kier alpha value is -1.47. The van der Waals surface area contributed by atoms with Gasteiger partial charge in [0.25, 0.3) is 0 Å². The minimum absolute atomic E-state index is 0.165. The van der Waals surface area contributed by atoms with Gasteiger partial charge in [0, 0.05) is 6.07 Å². The summed E-state index contributed by atoms with van der Waals surface area (Å²) in [5, 5.41) is 19.0. The maximum Gasteiger partial charge on any atom is 0.195 e. The van der Waals surface area contributed by atoms with Crippen LogP contribution in [-0.4, -0.2) is 25.0 Å². The van der Waals surface area contributed by atoms with E-state index in [1.165, 1.54) is 0 Å². The molecule has 0 aromatic carbocycles. The van der Waals surface area contributed by atoms with Gasteiger partial charge in [-0.25, -0.2) is 0 Å². The molecule has 2 aromatic rings. The number of aromatic nitrogens is 4. The molecule has 0 saturated heterocycles. The zero-order valence-electron chi connectivity index (χ0n) is 7.17. The SMILES string of the molecule is OCc1n[nH]c(=S)n1Cc1ccno1. The van der Waals surface area contributed by atoms with Gasteiger partial charge in [0.15, 0.2) is 16.4 Å². The van der Waals surface area contributed by atoms with Crippen LogP contribution in [0.4, 0.5) is 0 Å². The van der Waals surface area contributed by atoms with Crippen molar-refractivity contribution in [3.05, 3.63) is 28.6 Å². The zero-order chi connectivity index (χ0) is 9.97. The number of rotatable bonds is 3. The summed E-state index contributed by atoms with van der Waals surface area (Å²) in [6.07, 6.45) is 1.55. The van der Waals surface area contributed by atoms with Gasteiger partial charge in [-0.05, 0) is 12.2 Å². The van der Waals surface area contributed by atoms with E-state index in [1.54, 1.807) is 16.8 Å². The second-order valence-corrected chi connectivity index (χ2v) is 3.05. The number of H-pyrrole nitrogens is 1. The first-order valence-electron chi connectivity index (χ1n) is 3.96. The lowest BCUT2D eigenvalue weighted by Crippen LogP contribution is -2.04. The van der Waals surface area contributed by atoms with Crippen molar-refractivity contribution in [1.29, 1.82) is 0 Å². The Balaban J connectivity index is 2.32. The molecule has 0 fully saturated rings. The van der Waals surface area contributed by atoms with Crippen LogP contribution in [0.5, 0.6) is 0 Å². The van der Waals surface area contributed by atoms with Crippen LogP contribution in [0.15, 0.2) is 16.8 Å². The van der Waals surface area contributed by atoms with Crippen LogP contribution < -0.4 is 0 Å². The lowest BCUT2D eigenvalue weighted by atomic mass is 10.4. The Kier molecular flexibility index (Phi) is 2.42. The van der Waals surface area contributed by atoms with E-state index in [2.05, 4.69) is 15.4 Å². The van der Waals surface area contributed by atoms with Crippen molar-refractivity contribution >= 4 is 12.2 Å². The Morgan fingerprint density at radius 2 is 2.50 bits per heavy atom. The third-order valence-electron chi connectivity index (χ3n) is 1.78. The predicted octanol–water partition coefficient (Wildman–Crippen LogP) is 0.469. The van der Waals surface area contributed by atoms with E-state index in [4.69, 9.17) is 21.8 Å². The molecule has 2 aromatic heterocycles. The van der Waals surface area contributed by atoms with Crippen molar-refractivity contribution in [2.75, 3.05) is 0 Å². The highest BCUT2D eigenvalue weighted by atomic mass is 32.1. The monoisotopic (exact) mass is 212 g/mol. The second kappa shape index (κ2) is 3.72. The summed E-state index contributed by atoms with van der Waals surface area (Å²) in [6.45, 7) is 0.256. The third-order valence-corrected chi connectivity index (χ3v) is 2.10. The lowest BCUT2D eigenvalue weighted by Gasteiger charge is -2.00. The quantitative estimate of drug-likeness (QED) is 0.723. The Bertz CT molecular complexity index is 458. The van der Waals surface area contributed by atoms with Crippen LogP contribution in [0.2, 0.25) is 0 Å². The molecule has 2 heterocycles. The molecule has 0 bridgehead atoms. The van der Waals surface area contributed by atoms with Crippen LogP contribution >= 0.6 is 12.2 Å². The lowest BCUT2D eigenvalue weighted by molar-refractivity contribution is 0.263. The van der Waals surface area contributed by atoms with Crippen LogP contribution in [0.3, 0.4) is 0 Å². The third kappa shape index (κ3) is 1.59. The number of hydrogen-bond acceptors (Lipinski definition) is 5. The molecular weight excluding hydrogens is 204 g/mol. The van der Waals surface area contributed by atoms with Gasteiger partial charge in [-0.1, -0.05) is 5.16 Å². The van der Waals surface area contributed by atoms with E-state index in [1.807, 2.05) is 0 Å². The average Bonchev–Trinajstić information content (AvgIpc) is 2.79. The van der Waals surface area contributed by atoms with Gasteiger partial charge in [-0.15, -0.1) is 0 Å². The molecule has 74 valence electrons. The summed E-state index contributed by atoms with van der Waals surface area (Å²) in [5.74, 6) is 1.14. The van der Waals surface area contributed by atoms with Crippen molar-refractivity contribution in [3.63, 3.8) is 0 Å². The molecule has 6 nitrogen and oxygen atoms in total. The highest BCUT2D eigenvalue weighted by Gasteiger charge is 2.06. The number of aromatic amines is 1. The number of hydrogen-bond donors (Lipinski definition) is 2. The Morgan fingerprint density at radius 1 is 1.64 bits per heavy atom. The first-order chi connectivity index (χ1) is 6.81. The van der Waals surface area contributed by atoms with Gasteiger partial charge in [0.05, 0.1) is 12.7 Å². The molecule has 0 aliphatic carbocycles. The van der Waals surface area contributed by atoms with Crippen LogP contribution in [0.25, 0.3) is 0 Å². The minimum Gasteiger partial charge on any atom is -0.388 e. The standard InChI is InChI=1S/C7H8N4O2S/c12-4-6-9-10-7(14)11(6)3-5-1-2-8-13-5/h1-2,12H,3-4H2,(H,10,14). The smallest absolute Gasteiger partial charge is 0.195 e. The molecule has 0 aliphatic heterocycles. The van der Waals surface area contributed by atoms with E-state index < -0.39 is 0 Å². The molecule has 0 unspecified atom stereocenters. The van der Waals surface area contributed by atoms with Crippen LogP contribution in [0, 0.1) is 4.77 Å². The summed E-state index contributed by atoms with van der Waals surface area (Å²) >= 11 is 4.98. The maximum absolute atomic E-state index is 8.96. The van der Waals surface area contributed by atoms with Gasteiger partial charge in [0.1, 0.15) is 6.61 Å². The van der Waals surface area contributed by atoms with E-state index in [0.29, 0.717) is 22.9 Å². The van der Waals surface area contributed by atoms with E-state index in [0.717, 1.165) is 0 Å². The second-order valence-electron chi connectivity index (χ2n) is 2.67. The number of nitrogens with one attached hydrogen (secondary N) is 1. The first-order valence-corrected chi connectivity index (χ1v) is 4.36. The fourth-order valence-electron chi connectivity index (χ4n) is 1.11. The highest BCUT2D eigenvalue weighted by molar-refractivity contribution is 7.71. The van der Waals surface area contributed by atoms with Crippen molar-refractivity contribution in [3.8, 4) is 0 Å². The maximum atomic E-state index is 8.96. The zero-order valence-corrected chi connectivity index (χ0v) is 7.99. The average molecular weight is 212 g/mol. The minimum atomic E-state index is -0.165. The summed E-state index contributed by atoms with van der Waals surface area (Å²) in [5.41, 5.74) is 0. The van der Waals surface area contributed by atoms with E-state index in [9.17, 15) is 0 Å². The van der Waals surface area contributed by atoms with Crippen LogP contribution in [-0.2, 0) is 13.2 Å². The van der Waals surface area contributed by atoms with Gasteiger partial charge in [-0.3, -0.25) is 9.67 Å². The molecule has 0 aliphatic rings. The molecule has 2 N–H and O–H groups in total. The van der Waals surface area contributed by atoms with Gasteiger partial charge >= 0.3 is 0 Å². The van der Waals surface area contributed by atoms with Crippen molar-refractivity contribution < 1.29 is 9.63 Å². The number of aliphatic hydroxyl groups is 1. The van der Waals surface area contributed by atoms with Gasteiger partial charge < -0.3 is 9.63 Å². The van der Waals surface area contributed by atoms with Crippen molar-refractivity contribution in [1.82, 2.24) is 19.9 Å². The number of aliphatic hydroxyl groups excluding tert-OH is 1. The molecular formula is C7H8N4O2S. The molecule has 0 radical (unpaired) electrons. The predicted molar refractivity (Wildman–Crippen MR) is 48.9 cm³/mol. The summed E-state index contributed by atoms with van der Waals surface area (Å²) in [6, 6.07) is 1.73. The van der Waals surface area contributed by atoms with Crippen molar-refractivity contribution in [2.24, 2.45) is 0 Å².